The average molecular weight is 370 g/mol. The monoisotopic (exact) mass is 370 g/mol. The van der Waals surface area contributed by atoms with Gasteiger partial charge in [-0.1, -0.05) is 24.8 Å². The van der Waals surface area contributed by atoms with Crippen LogP contribution in [0.4, 0.5) is 4.79 Å². The van der Waals surface area contributed by atoms with E-state index in [4.69, 9.17) is 14.2 Å². The zero-order chi connectivity index (χ0) is 18.8. The normalized spacial score (nSPS) is 31.7. The number of thioether (sulfide) groups is 1. The maximum absolute atomic E-state index is 12.3. The Morgan fingerprint density at radius 3 is 2.72 bits per heavy atom. The van der Waals surface area contributed by atoms with Crippen LogP contribution >= 0.6 is 11.8 Å². The highest BCUT2D eigenvalue weighted by atomic mass is 32.2. The third kappa shape index (κ3) is 4.62. The second-order valence-corrected chi connectivity index (χ2v) is 8.18. The molecule has 2 heterocycles. The summed E-state index contributed by atoms with van der Waals surface area (Å²) in [6.07, 6.45) is 1.11. The fourth-order valence-corrected chi connectivity index (χ4v) is 3.83. The third-order valence-electron chi connectivity index (χ3n) is 3.92. The van der Waals surface area contributed by atoms with Gasteiger partial charge >= 0.3 is 6.09 Å². The molecule has 2 aliphatic heterocycles. The van der Waals surface area contributed by atoms with Crippen molar-refractivity contribution in [2.75, 3.05) is 13.7 Å². The van der Waals surface area contributed by atoms with Crippen molar-refractivity contribution in [1.82, 2.24) is 4.90 Å². The Morgan fingerprint density at radius 2 is 2.16 bits per heavy atom. The number of amides is 1. The van der Waals surface area contributed by atoms with Crippen LogP contribution in [0.25, 0.3) is 0 Å². The standard InChI is InChI=1S/C17H26N2O5S/c1-7-8-22-13-10(2)11(9-20)23-14-12(13)18-15(25-14)19(6)16(21)24-17(3,4)5/h7,9-14H,1,8H2,2-6H3/t10-,11-,12-,13+,14-/m1/s1. The first kappa shape index (κ1) is 19.9. The first-order chi connectivity index (χ1) is 11.7. The molecule has 0 bridgehead atoms. The van der Waals surface area contributed by atoms with Gasteiger partial charge in [0.15, 0.2) is 5.17 Å². The number of aliphatic imine (C=N–C) groups is 1. The van der Waals surface area contributed by atoms with E-state index >= 15 is 0 Å². The van der Waals surface area contributed by atoms with E-state index in [1.165, 1.54) is 16.7 Å². The van der Waals surface area contributed by atoms with Crippen molar-refractivity contribution in [3.63, 3.8) is 0 Å². The van der Waals surface area contributed by atoms with E-state index in [1.54, 1.807) is 33.9 Å². The van der Waals surface area contributed by atoms with E-state index in [1.807, 2.05) is 6.92 Å². The Balaban J connectivity index is 2.17. The van der Waals surface area contributed by atoms with Gasteiger partial charge in [0, 0.05) is 13.0 Å². The predicted octanol–water partition coefficient (Wildman–Crippen LogP) is 2.46. The summed E-state index contributed by atoms with van der Waals surface area (Å²) in [6, 6.07) is -0.295. The summed E-state index contributed by atoms with van der Waals surface area (Å²) in [6.45, 7) is 11.3. The van der Waals surface area contributed by atoms with Crippen LogP contribution in [0.5, 0.6) is 0 Å². The van der Waals surface area contributed by atoms with Gasteiger partial charge in [0.2, 0.25) is 0 Å². The van der Waals surface area contributed by atoms with Crippen molar-refractivity contribution in [1.29, 1.82) is 0 Å². The van der Waals surface area contributed by atoms with Crippen molar-refractivity contribution < 1.29 is 23.8 Å². The predicted molar refractivity (Wildman–Crippen MR) is 96.6 cm³/mol. The second kappa shape index (κ2) is 7.88. The van der Waals surface area contributed by atoms with E-state index in [0.29, 0.717) is 11.8 Å². The van der Waals surface area contributed by atoms with Gasteiger partial charge in [0.1, 0.15) is 29.5 Å². The Hall–Kier alpha value is -1.38. The van der Waals surface area contributed by atoms with E-state index in [-0.39, 0.29) is 23.5 Å². The van der Waals surface area contributed by atoms with Gasteiger partial charge < -0.3 is 19.0 Å². The first-order valence-corrected chi connectivity index (χ1v) is 9.10. The molecule has 1 amide bonds. The van der Waals surface area contributed by atoms with E-state index in [9.17, 15) is 9.59 Å². The van der Waals surface area contributed by atoms with Crippen LogP contribution in [0.1, 0.15) is 27.7 Å². The molecule has 0 aliphatic carbocycles. The maximum Gasteiger partial charge on any atom is 0.416 e. The summed E-state index contributed by atoms with van der Waals surface area (Å²) in [4.78, 5) is 29.6. The molecule has 140 valence electrons. The quantitative estimate of drug-likeness (QED) is 0.559. The molecule has 0 saturated carbocycles. The zero-order valence-electron chi connectivity index (χ0n) is 15.3. The molecule has 8 heteroatoms. The molecule has 0 unspecified atom stereocenters. The number of fused-ring (bicyclic) bond motifs is 1. The Kier molecular flexibility index (Phi) is 6.29. The summed E-state index contributed by atoms with van der Waals surface area (Å²) in [5, 5.41) is 0.496. The Labute approximate surface area is 152 Å². The molecular formula is C17H26N2O5S. The average Bonchev–Trinajstić information content (AvgIpc) is 2.94. The number of ether oxygens (including phenoxy) is 3. The minimum absolute atomic E-state index is 0.144. The maximum atomic E-state index is 12.3. The number of hydrogen-bond donors (Lipinski definition) is 0. The van der Waals surface area contributed by atoms with Gasteiger partial charge in [0.05, 0.1) is 12.7 Å². The van der Waals surface area contributed by atoms with Gasteiger partial charge in [-0.25, -0.2) is 4.79 Å². The molecule has 2 aliphatic rings. The van der Waals surface area contributed by atoms with Crippen LogP contribution < -0.4 is 0 Å². The Morgan fingerprint density at radius 1 is 1.48 bits per heavy atom. The number of nitrogens with zero attached hydrogens (tertiary/aromatic N) is 2. The summed E-state index contributed by atoms with van der Waals surface area (Å²) in [7, 11) is 1.61. The highest BCUT2D eigenvalue weighted by molar-refractivity contribution is 8.14. The summed E-state index contributed by atoms with van der Waals surface area (Å²) in [5.41, 5.74) is -0.966. The molecular weight excluding hydrogens is 344 g/mol. The summed E-state index contributed by atoms with van der Waals surface area (Å²) in [5.74, 6) is -0.144. The number of rotatable bonds is 4. The van der Waals surface area contributed by atoms with Crippen LogP contribution in [0.15, 0.2) is 17.6 Å². The summed E-state index contributed by atoms with van der Waals surface area (Å²) >= 11 is 1.30. The zero-order valence-corrected chi connectivity index (χ0v) is 16.1. The third-order valence-corrected chi connectivity index (χ3v) is 5.13. The first-order valence-electron chi connectivity index (χ1n) is 8.22. The molecule has 5 atom stereocenters. The van der Waals surface area contributed by atoms with Crippen LogP contribution in [-0.2, 0) is 19.0 Å². The molecule has 7 nitrogen and oxygen atoms in total. The van der Waals surface area contributed by atoms with Gasteiger partial charge in [-0.05, 0) is 20.8 Å². The molecule has 0 N–H and O–H groups in total. The molecule has 1 fully saturated rings. The number of aldehydes is 1. The number of amidine groups is 1. The van der Waals surface area contributed by atoms with Crippen molar-refractivity contribution in [3.8, 4) is 0 Å². The van der Waals surface area contributed by atoms with Gasteiger partial charge in [-0.15, -0.1) is 6.58 Å². The minimum atomic E-state index is -0.592. The van der Waals surface area contributed by atoms with Crippen LogP contribution in [0.2, 0.25) is 0 Å². The van der Waals surface area contributed by atoms with E-state index in [2.05, 4.69) is 11.6 Å². The second-order valence-electron chi connectivity index (χ2n) is 7.11. The van der Waals surface area contributed by atoms with E-state index in [0.717, 1.165) is 6.29 Å². The fraction of sp³-hybridized carbons (Fsp3) is 0.706. The molecule has 0 spiro atoms. The molecule has 25 heavy (non-hydrogen) atoms. The van der Waals surface area contributed by atoms with Crippen LogP contribution in [0.3, 0.4) is 0 Å². The lowest BCUT2D eigenvalue weighted by molar-refractivity contribution is -0.146. The van der Waals surface area contributed by atoms with Gasteiger partial charge in [-0.3, -0.25) is 9.89 Å². The smallest absolute Gasteiger partial charge is 0.416 e. The van der Waals surface area contributed by atoms with Crippen molar-refractivity contribution >= 4 is 29.3 Å². The van der Waals surface area contributed by atoms with Crippen LogP contribution in [-0.4, -0.2) is 65.4 Å². The molecule has 0 aromatic carbocycles. The Bertz CT molecular complexity index is 560. The lowest BCUT2D eigenvalue weighted by Crippen LogP contribution is -2.51. The SMILES string of the molecule is C=CCO[C@H]1[C@H](C)[C@@H](C=O)O[C@@H]2SC(N(C)C(=O)OC(C)(C)C)=N[C@H]12. The molecule has 0 radical (unpaired) electrons. The summed E-state index contributed by atoms with van der Waals surface area (Å²) < 4.78 is 17.1. The van der Waals surface area contributed by atoms with Gasteiger partial charge in [-0.2, -0.15) is 0 Å². The molecule has 0 aromatic heterocycles. The largest absolute Gasteiger partial charge is 0.443 e. The van der Waals surface area contributed by atoms with Crippen LogP contribution in [0, 0.1) is 5.92 Å². The topological polar surface area (TPSA) is 77.4 Å². The van der Waals surface area contributed by atoms with E-state index < -0.39 is 17.8 Å². The molecule has 2 rings (SSSR count). The molecule has 1 saturated heterocycles. The minimum Gasteiger partial charge on any atom is -0.443 e. The highest BCUT2D eigenvalue weighted by Gasteiger charge is 2.49. The van der Waals surface area contributed by atoms with Crippen molar-refractivity contribution in [2.45, 2.75) is 57.0 Å². The van der Waals surface area contributed by atoms with Crippen molar-refractivity contribution in [3.05, 3.63) is 12.7 Å². The highest BCUT2D eigenvalue weighted by Crippen LogP contribution is 2.40. The fourth-order valence-electron chi connectivity index (χ4n) is 2.67. The number of carbonyl (C=O) groups is 2. The lowest BCUT2D eigenvalue weighted by Gasteiger charge is -2.39. The van der Waals surface area contributed by atoms with Crippen molar-refractivity contribution in [2.24, 2.45) is 10.9 Å². The van der Waals surface area contributed by atoms with Gasteiger partial charge in [0.25, 0.3) is 0 Å². The number of carbonyl (C=O) groups excluding carboxylic acids is 2. The number of hydrogen-bond acceptors (Lipinski definition) is 7. The molecule has 0 aromatic rings. The lowest BCUT2D eigenvalue weighted by atomic mass is 9.90.